The first kappa shape index (κ1) is 19.8. The molecule has 2 aliphatic rings. The van der Waals surface area contributed by atoms with Crippen LogP contribution in [0, 0.1) is 18.8 Å². The van der Waals surface area contributed by atoms with Crippen molar-refractivity contribution in [3.05, 3.63) is 47.5 Å². The van der Waals surface area contributed by atoms with Gasteiger partial charge in [0.25, 0.3) is 0 Å². The summed E-state index contributed by atoms with van der Waals surface area (Å²) >= 11 is 0. The smallest absolute Gasteiger partial charge is 0.313 e. The van der Waals surface area contributed by atoms with E-state index in [1.54, 1.807) is 0 Å². The maximum Gasteiger partial charge on any atom is 0.313 e. The van der Waals surface area contributed by atoms with E-state index in [-0.39, 0.29) is 11.9 Å². The number of hydrogen-bond donors (Lipinski definition) is 1. The van der Waals surface area contributed by atoms with Crippen molar-refractivity contribution in [2.75, 3.05) is 18.9 Å². The SMILES string of the molecule is CCOC(=O)C(CC1CC1)c1cc(OCC2CC2)c(N)c(-c2ccc(C)cc2)c1. The summed E-state index contributed by atoms with van der Waals surface area (Å²) in [4.78, 5) is 12.8. The molecule has 4 rings (SSSR count). The normalized spacial score (nSPS) is 17.0. The fourth-order valence-corrected chi connectivity index (χ4v) is 3.73. The molecule has 0 saturated heterocycles. The molecule has 0 aliphatic heterocycles. The molecule has 0 aromatic heterocycles. The maximum absolute atomic E-state index is 12.8. The predicted molar refractivity (Wildman–Crippen MR) is 116 cm³/mol. The van der Waals surface area contributed by atoms with Crippen molar-refractivity contribution < 1.29 is 14.3 Å². The Labute approximate surface area is 173 Å². The van der Waals surface area contributed by atoms with E-state index in [1.807, 2.05) is 13.0 Å². The summed E-state index contributed by atoms with van der Waals surface area (Å²) in [6, 6.07) is 12.4. The molecular formula is C25H31NO3. The molecule has 0 spiro atoms. The van der Waals surface area contributed by atoms with Gasteiger partial charge >= 0.3 is 5.97 Å². The highest BCUT2D eigenvalue weighted by atomic mass is 16.5. The summed E-state index contributed by atoms with van der Waals surface area (Å²) in [6.45, 7) is 5.01. The molecule has 0 heterocycles. The van der Waals surface area contributed by atoms with E-state index in [1.165, 1.54) is 31.2 Å². The van der Waals surface area contributed by atoms with Crippen LogP contribution in [0.3, 0.4) is 0 Å². The van der Waals surface area contributed by atoms with E-state index in [0.29, 0.717) is 36.5 Å². The molecule has 2 saturated carbocycles. The highest BCUT2D eigenvalue weighted by molar-refractivity contribution is 5.85. The largest absolute Gasteiger partial charge is 0.491 e. The molecule has 0 amide bonds. The van der Waals surface area contributed by atoms with Crippen LogP contribution in [0.5, 0.6) is 5.75 Å². The van der Waals surface area contributed by atoms with Gasteiger partial charge in [-0.3, -0.25) is 4.79 Å². The summed E-state index contributed by atoms with van der Waals surface area (Å²) in [5, 5.41) is 0. The summed E-state index contributed by atoms with van der Waals surface area (Å²) in [6.07, 6.45) is 5.66. The van der Waals surface area contributed by atoms with Gasteiger partial charge in [-0.05, 0) is 68.2 Å². The Morgan fingerprint density at radius 3 is 2.41 bits per heavy atom. The number of carbonyl (C=O) groups is 1. The lowest BCUT2D eigenvalue weighted by Crippen LogP contribution is -2.17. The third kappa shape index (κ3) is 4.92. The van der Waals surface area contributed by atoms with Gasteiger partial charge in [0.1, 0.15) is 5.75 Å². The zero-order valence-electron chi connectivity index (χ0n) is 17.4. The minimum atomic E-state index is -0.268. The summed E-state index contributed by atoms with van der Waals surface area (Å²) in [5.41, 5.74) is 11.3. The molecule has 2 aliphatic carbocycles. The molecule has 2 fully saturated rings. The number of nitrogen functional groups attached to an aromatic ring is 1. The van der Waals surface area contributed by atoms with Crippen molar-refractivity contribution in [1.82, 2.24) is 0 Å². The average molecular weight is 394 g/mol. The van der Waals surface area contributed by atoms with Gasteiger partial charge in [-0.15, -0.1) is 0 Å². The first-order chi connectivity index (χ1) is 14.0. The van der Waals surface area contributed by atoms with E-state index < -0.39 is 0 Å². The monoisotopic (exact) mass is 393 g/mol. The number of carbonyl (C=O) groups excluding carboxylic acids is 1. The number of esters is 1. The summed E-state index contributed by atoms with van der Waals surface area (Å²) in [7, 11) is 0. The third-order valence-corrected chi connectivity index (χ3v) is 5.94. The van der Waals surface area contributed by atoms with Crippen molar-refractivity contribution in [3.8, 4) is 16.9 Å². The van der Waals surface area contributed by atoms with E-state index in [9.17, 15) is 4.79 Å². The van der Waals surface area contributed by atoms with Crippen molar-refractivity contribution in [2.24, 2.45) is 11.8 Å². The van der Waals surface area contributed by atoms with Gasteiger partial charge in [-0.1, -0.05) is 42.7 Å². The van der Waals surface area contributed by atoms with Crippen LogP contribution in [-0.2, 0) is 9.53 Å². The minimum absolute atomic E-state index is 0.146. The second-order valence-electron chi connectivity index (χ2n) is 8.58. The van der Waals surface area contributed by atoms with Crippen LogP contribution in [0.25, 0.3) is 11.1 Å². The Morgan fingerprint density at radius 2 is 1.79 bits per heavy atom. The van der Waals surface area contributed by atoms with E-state index in [4.69, 9.17) is 15.2 Å². The van der Waals surface area contributed by atoms with Gasteiger partial charge in [0.2, 0.25) is 0 Å². The predicted octanol–water partition coefficient (Wildman–Crippen LogP) is 5.48. The average Bonchev–Trinajstić information content (AvgIpc) is 3.62. The number of nitrogens with two attached hydrogens (primary N) is 1. The van der Waals surface area contributed by atoms with Crippen molar-refractivity contribution in [2.45, 2.75) is 51.9 Å². The fourth-order valence-electron chi connectivity index (χ4n) is 3.73. The Hall–Kier alpha value is -2.49. The Balaban J connectivity index is 1.73. The molecule has 154 valence electrons. The highest BCUT2D eigenvalue weighted by Crippen LogP contribution is 2.43. The molecule has 1 unspecified atom stereocenters. The number of aryl methyl sites for hydroxylation is 1. The lowest BCUT2D eigenvalue weighted by molar-refractivity contribution is -0.145. The molecule has 4 nitrogen and oxygen atoms in total. The summed E-state index contributed by atoms with van der Waals surface area (Å²) < 4.78 is 11.5. The first-order valence-electron chi connectivity index (χ1n) is 10.8. The topological polar surface area (TPSA) is 61.5 Å². The van der Waals surface area contributed by atoms with Gasteiger partial charge < -0.3 is 15.2 Å². The van der Waals surface area contributed by atoms with Gasteiger partial charge in [0, 0.05) is 5.56 Å². The van der Waals surface area contributed by atoms with Gasteiger partial charge in [-0.25, -0.2) is 0 Å². The number of hydrogen-bond acceptors (Lipinski definition) is 4. The number of benzene rings is 2. The Kier molecular flexibility index (Phi) is 5.79. The number of anilines is 1. The standard InChI is InChI=1S/C25H31NO3/c1-3-28-25(27)22(12-17-6-7-17)20-13-21(19-10-4-16(2)5-11-19)24(26)23(14-20)29-15-18-8-9-18/h4-5,10-11,13-14,17-18,22H,3,6-9,12,15,26H2,1-2H3. The molecule has 2 aromatic carbocycles. The van der Waals surface area contributed by atoms with Crippen molar-refractivity contribution >= 4 is 11.7 Å². The van der Waals surface area contributed by atoms with E-state index in [2.05, 4.69) is 37.3 Å². The van der Waals surface area contributed by atoms with Crippen LogP contribution in [-0.4, -0.2) is 19.2 Å². The highest BCUT2D eigenvalue weighted by Gasteiger charge is 2.32. The zero-order valence-corrected chi connectivity index (χ0v) is 17.4. The lowest BCUT2D eigenvalue weighted by atomic mass is 9.89. The van der Waals surface area contributed by atoms with Crippen LogP contribution in [0.15, 0.2) is 36.4 Å². The Bertz CT molecular complexity index is 866. The van der Waals surface area contributed by atoms with Crippen LogP contribution in [0.1, 0.15) is 56.1 Å². The second kappa shape index (κ2) is 8.48. The molecule has 0 radical (unpaired) electrons. The molecule has 0 bridgehead atoms. The zero-order chi connectivity index (χ0) is 20.4. The van der Waals surface area contributed by atoms with Gasteiger partial charge in [0.05, 0.1) is 24.8 Å². The van der Waals surface area contributed by atoms with E-state index in [0.717, 1.165) is 23.1 Å². The molecule has 29 heavy (non-hydrogen) atoms. The summed E-state index contributed by atoms with van der Waals surface area (Å²) in [5.74, 6) is 1.52. The van der Waals surface area contributed by atoms with Crippen molar-refractivity contribution in [1.29, 1.82) is 0 Å². The lowest BCUT2D eigenvalue weighted by Gasteiger charge is -2.20. The number of ether oxygens (including phenoxy) is 2. The maximum atomic E-state index is 12.8. The molecule has 2 aromatic rings. The first-order valence-corrected chi connectivity index (χ1v) is 10.8. The van der Waals surface area contributed by atoms with Crippen LogP contribution < -0.4 is 10.5 Å². The van der Waals surface area contributed by atoms with Crippen LogP contribution >= 0.6 is 0 Å². The minimum Gasteiger partial charge on any atom is -0.491 e. The van der Waals surface area contributed by atoms with Gasteiger partial charge in [-0.2, -0.15) is 0 Å². The fraction of sp³-hybridized carbons (Fsp3) is 0.480. The molecule has 1 atom stereocenters. The van der Waals surface area contributed by atoms with E-state index >= 15 is 0 Å². The van der Waals surface area contributed by atoms with Crippen LogP contribution in [0.2, 0.25) is 0 Å². The van der Waals surface area contributed by atoms with Gasteiger partial charge in [0.15, 0.2) is 0 Å². The third-order valence-electron chi connectivity index (χ3n) is 5.94. The number of rotatable bonds is 9. The van der Waals surface area contributed by atoms with Crippen LogP contribution in [0.4, 0.5) is 5.69 Å². The molecule has 2 N–H and O–H groups in total. The van der Waals surface area contributed by atoms with Crippen molar-refractivity contribution in [3.63, 3.8) is 0 Å². The quantitative estimate of drug-likeness (QED) is 0.453. The molecular weight excluding hydrogens is 362 g/mol. The second-order valence-corrected chi connectivity index (χ2v) is 8.58. The Morgan fingerprint density at radius 1 is 1.10 bits per heavy atom. The molecule has 4 heteroatoms.